The molecule has 5 heteroatoms. The van der Waals surface area contributed by atoms with Crippen LogP contribution in [-0.4, -0.2) is 37.7 Å². The Labute approximate surface area is 194 Å². The second-order valence-electron chi connectivity index (χ2n) is 8.14. The van der Waals surface area contributed by atoms with Crippen LogP contribution in [0.2, 0.25) is 0 Å². The maximum atomic E-state index is 14.0. The van der Waals surface area contributed by atoms with Crippen LogP contribution in [0.3, 0.4) is 0 Å². The molecule has 0 bridgehead atoms. The van der Waals surface area contributed by atoms with Crippen molar-refractivity contribution in [3.05, 3.63) is 59.4 Å². The Bertz CT molecular complexity index is 761. The van der Waals surface area contributed by atoms with Crippen molar-refractivity contribution >= 4 is 0 Å². The van der Waals surface area contributed by atoms with Gasteiger partial charge in [0.05, 0.1) is 6.61 Å². The Morgan fingerprint density at radius 2 is 1.50 bits per heavy atom. The molecule has 0 aliphatic rings. The number of nitrogens with zero attached hydrogens (tertiary/aromatic N) is 1. The Hall–Kier alpha value is -2.11. The monoisotopic (exact) mass is 444 g/mol. The second-order valence-corrected chi connectivity index (χ2v) is 8.14. The van der Waals surface area contributed by atoms with Crippen molar-refractivity contribution in [1.82, 2.24) is 10.2 Å². The first-order chi connectivity index (χ1) is 15.7. The van der Waals surface area contributed by atoms with Crippen molar-refractivity contribution < 1.29 is 13.9 Å². The van der Waals surface area contributed by atoms with Crippen LogP contribution in [-0.2, 0) is 13.2 Å². The smallest absolute Gasteiger partial charge is 0.166 e. The minimum absolute atomic E-state index is 0.174. The third-order valence-electron chi connectivity index (χ3n) is 5.49. The Balaban J connectivity index is 1.91. The standard InChI is InChI=1S/C27H41FN2O2/c1-4-7-18-30(19-8-5-2)20-12-17-29-21-23-14-11-16-26(31-6-3)27(23)32-22-24-13-9-10-15-25(24)28/h9-11,13-16,29H,4-8,12,17-22H2,1-3H3. The van der Waals surface area contributed by atoms with E-state index in [0.717, 1.165) is 25.1 Å². The molecule has 4 nitrogen and oxygen atoms in total. The van der Waals surface area contributed by atoms with E-state index >= 15 is 0 Å². The molecule has 0 heterocycles. The third-order valence-corrected chi connectivity index (χ3v) is 5.49. The zero-order valence-electron chi connectivity index (χ0n) is 20.2. The van der Waals surface area contributed by atoms with E-state index < -0.39 is 0 Å². The molecule has 0 spiro atoms. The number of hydrogen-bond donors (Lipinski definition) is 1. The number of halogens is 1. The lowest BCUT2D eigenvalue weighted by Gasteiger charge is -2.22. The number of ether oxygens (including phenoxy) is 2. The highest BCUT2D eigenvalue weighted by molar-refractivity contribution is 5.46. The van der Waals surface area contributed by atoms with Crippen LogP contribution in [0.25, 0.3) is 0 Å². The SMILES string of the molecule is CCCCN(CCCC)CCCNCc1cccc(OCC)c1OCc1ccccc1F. The maximum Gasteiger partial charge on any atom is 0.166 e. The minimum Gasteiger partial charge on any atom is -0.490 e. The van der Waals surface area contributed by atoms with Crippen LogP contribution in [0.5, 0.6) is 11.5 Å². The van der Waals surface area contributed by atoms with Crippen molar-refractivity contribution in [3.63, 3.8) is 0 Å². The predicted molar refractivity (Wildman–Crippen MR) is 131 cm³/mol. The first kappa shape index (κ1) is 26.1. The van der Waals surface area contributed by atoms with Gasteiger partial charge in [-0.1, -0.05) is 57.0 Å². The van der Waals surface area contributed by atoms with E-state index in [1.165, 1.54) is 44.8 Å². The van der Waals surface area contributed by atoms with Gasteiger partial charge in [0.15, 0.2) is 11.5 Å². The molecule has 178 valence electrons. The van der Waals surface area contributed by atoms with Gasteiger partial charge >= 0.3 is 0 Å². The molecule has 0 radical (unpaired) electrons. The number of rotatable bonds is 17. The average Bonchev–Trinajstić information content (AvgIpc) is 2.80. The number of benzene rings is 2. The van der Waals surface area contributed by atoms with Gasteiger partial charge in [0.25, 0.3) is 0 Å². The largest absolute Gasteiger partial charge is 0.490 e. The summed E-state index contributed by atoms with van der Waals surface area (Å²) in [6, 6.07) is 12.6. The molecule has 0 amide bonds. The van der Waals surface area contributed by atoms with Crippen LogP contribution in [0, 0.1) is 5.82 Å². The van der Waals surface area contributed by atoms with E-state index in [-0.39, 0.29) is 12.4 Å². The van der Waals surface area contributed by atoms with Gasteiger partial charge in [-0.2, -0.15) is 0 Å². The number of unbranched alkanes of at least 4 members (excludes halogenated alkanes) is 2. The van der Waals surface area contributed by atoms with Crippen molar-refractivity contribution in [2.24, 2.45) is 0 Å². The fourth-order valence-corrected chi connectivity index (χ4v) is 3.65. The van der Waals surface area contributed by atoms with Crippen LogP contribution in [0.15, 0.2) is 42.5 Å². The summed E-state index contributed by atoms with van der Waals surface area (Å²) in [5.41, 5.74) is 1.57. The van der Waals surface area contributed by atoms with Crippen molar-refractivity contribution in [2.45, 2.75) is 66.0 Å². The van der Waals surface area contributed by atoms with E-state index in [1.54, 1.807) is 12.1 Å². The molecule has 0 fully saturated rings. The molecular formula is C27H41FN2O2. The fraction of sp³-hybridized carbons (Fsp3) is 0.556. The Morgan fingerprint density at radius 1 is 0.812 bits per heavy atom. The first-order valence-corrected chi connectivity index (χ1v) is 12.2. The van der Waals surface area contributed by atoms with E-state index in [4.69, 9.17) is 9.47 Å². The summed E-state index contributed by atoms with van der Waals surface area (Å²) >= 11 is 0. The second kappa shape index (κ2) is 15.7. The molecular weight excluding hydrogens is 403 g/mol. The zero-order valence-corrected chi connectivity index (χ0v) is 20.2. The number of para-hydroxylation sites is 1. The van der Waals surface area contributed by atoms with E-state index in [1.807, 2.05) is 31.2 Å². The van der Waals surface area contributed by atoms with Crippen molar-refractivity contribution in [1.29, 1.82) is 0 Å². The molecule has 2 aromatic carbocycles. The van der Waals surface area contributed by atoms with Crippen molar-refractivity contribution in [2.75, 3.05) is 32.8 Å². The van der Waals surface area contributed by atoms with Gasteiger partial charge in [0, 0.05) is 17.7 Å². The normalized spacial score (nSPS) is 11.2. The van der Waals surface area contributed by atoms with E-state index in [2.05, 4.69) is 24.1 Å². The van der Waals surface area contributed by atoms with E-state index in [9.17, 15) is 4.39 Å². The molecule has 0 unspecified atom stereocenters. The average molecular weight is 445 g/mol. The quantitative estimate of drug-likeness (QED) is 0.295. The van der Waals surface area contributed by atoms with Crippen LogP contribution >= 0.6 is 0 Å². The molecule has 32 heavy (non-hydrogen) atoms. The molecule has 0 atom stereocenters. The highest BCUT2D eigenvalue weighted by Crippen LogP contribution is 2.32. The maximum absolute atomic E-state index is 14.0. The summed E-state index contributed by atoms with van der Waals surface area (Å²) in [6.45, 7) is 12.3. The van der Waals surface area contributed by atoms with Crippen LogP contribution in [0.1, 0.15) is 64.0 Å². The van der Waals surface area contributed by atoms with E-state index in [0.29, 0.717) is 30.2 Å². The lowest BCUT2D eigenvalue weighted by molar-refractivity contribution is 0.258. The molecule has 0 aliphatic heterocycles. The molecule has 0 aromatic heterocycles. The van der Waals surface area contributed by atoms with Gasteiger partial charge in [0.2, 0.25) is 0 Å². The summed E-state index contributed by atoms with van der Waals surface area (Å²) in [7, 11) is 0. The highest BCUT2D eigenvalue weighted by atomic mass is 19.1. The van der Waals surface area contributed by atoms with Gasteiger partial charge in [-0.15, -0.1) is 0 Å². The summed E-state index contributed by atoms with van der Waals surface area (Å²) in [5, 5.41) is 3.55. The summed E-state index contributed by atoms with van der Waals surface area (Å²) in [4.78, 5) is 2.59. The lowest BCUT2D eigenvalue weighted by atomic mass is 10.1. The molecule has 1 N–H and O–H groups in total. The Morgan fingerprint density at radius 3 is 2.19 bits per heavy atom. The topological polar surface area (TPSA) is 33.7 Å². The molecule has 2 aromatic rings. The molecule has 2 rings (SSSR count). The first-order valence-electron chi connectivity index (χ1n) is 12.2. The van der Waals surface area contributed by atoms with Gasteiger partial charge in [0.1, 0.15) is 12.4 Å². The fourth-order valence-electron chi connectivity index (χ4n) is 3.65. The van der Waals surface area contributed by atoms with Gasteiger partial charge in [-0.3, -0.25) is 0 Å². The van der Waals surface area contributed by atoms with Crippen molar-refractivity contribution in [3.8, 4) is 11.5 Å². The van der Waals surface area contributed by atoms with Gasteiger partial charge < -0.3 is 19.7 Å². The van der Waals surface area contributed by atoms with Crippen LogP contribution in [0.4, 0.5) is 4.39 Å². The lowest BCUT2D eigenvalue weighted by Crippen LogP contribution is -2.29. The zero-order chi connectivity index (χ0) is 23.0. The summed E-state index contributed by atoms with van der Waals surface area (Å²) in [5.74, 6) is 1.14. The van der Waals surface area contributed by atoms with Crippen LogP contribution < -0.4 is 14.8 Å². The summed E-state index contributed by atoms with van der Waals surface area (Å²) in [6.07, 6.45) is 6.14. The van der Waals surface area contributed by atoms with Gasteiger partial charge in [-0.05, 0) is 64.5 Å². The highest BCUT2D eigenvalue weighted by Gasteiger charge is 2.13. The number of hydrogen-bond acceptors (Lipinski definition) is 4. The van der Waals surface area contributed by atoms with Gasteiger partial charge in [-0.25, -0.2) is 4.39 Å². The molecule has 0 aliphatic carbocycles. The Kier molecular flexibility index (Phi) is 12.8. The predicted octanol–water partition coefficient (Wildman–Crippen LogP) is 6.19. The molecule has 0 saturated carbocycles. The third kappa shape index (κ3) is 9.17. The summed E-state index contributed by atoms with van der Waals surface area (Å²) < 4.78 is 25.9. The minimum atomic E-state index is -0.253. The molecule has 0 saturated heterocycles. The number of nitrogens with one attached hydrogen (secondary N) is 1.